The van der Waals surface area contributed by atoms with Crippen molar-refractivity contribution in [1.82, 2.24) is 4.90 Å². The van der Waals surface area contributed by atoms with E-state index in [0.717, 1.165) is 18.9 Å². The highest BCUT2D eigenvalue weighted by Crippen LogP contribution is 2.14. The minimum absolute atomic E-state index is 0.129. The molecule has 0 aliphatic carbocycles. The normalized spacial score (nSPS) is 24.3. The zero-order valence-corrected chi connectivity index (χ0v) is 6.88. The first kappa shape index (κ1) is 8.02. The number of aliphatic hydroxyl groups excluding tert-OH is 1. The highest BCUT2D eigenvalue weighted by atomic mass is 16.3. The maximum atomic E-state index is 8.96. The first-order valence-corrected chi connectivity index (χ1v) is 4.09. The summed E-state index contributed by atoms with van der Waals surface area (Å²) in [6.45, 7) is 7.64. The Labute approximate surface area is 62.8 Å². The quantitative estimate of drug-likeness (QED) is 0.629. The summed E-state index contributed by atoms with van der Waals surface area (Å²) in [5.41, 5.74) is 0. The van der Waals surface area contributed by atoms with Gasteiger partial charge in [-0.3, -0.25) is 0 Å². The molecule has 0 radical (unpaired) electrons. The van der Waals surface area contributed by atoms with Crippen LogP contribution in [0.4, 0.5) is 0 Å². The third-order valence-corrected chi connectivity index (χ3v) is 2.00. The lowest BCUT2D eigenvalue weighted by molar-refractivity contribution is 0.0862. The summed E-state index contributed by atoms with van der Waals surface area (Å²) in [5.74, 6) is 0.883. The van der Waals surface area contributed by atoms with Crippen LogP contribution in [0.25, 0.3) is 0 Å². The van der Waals surface area contributed by atoms with Crippen LogP contribution in [-0.4, -0.2) is 35.7 Å². The molecule has 0 aromatic heterocycles. The predicted molar refractivity (Wildman–Crippen MR) is 41.9 cm³/mol. The van der Waals surface area contributed by atoms with Crippen molar-refractivity contribution in [3.05, 3.63) is 0 Å². The van der Waals surface area contributed by atoms with Crippen LogP contribution in [0.2, 0.25) is 0 Å². The summed E-state index contributed by atoms with van der Waals surface area (Å²) in [4.78, 5) is 2.39. The molecule has 60 valence electrons. The predicted octanol–water partition coefficient (Wildman–Crippen LogP) is 0.709. The summed E-state index contributed by atoms with van der Waals surface area (Å²) >= 11 is 0. The molecule has 1 fully saturated rings. The summed E-state index contributed by atoms with van der Waals surface area (Å²) in [6, 6.07) is 0. The Morgan fingerprint density at radius 3 is 2.60 bits per heavy atom. The third kappa shape index (κ3) is 2.27. The van der Waals surface area contributed by atoms with Gasteiger partial charge in [0.05, 0.1) is 6.10 Å². The van der Waals surface area contributed by atoms with Gasteiger partial charge in [-0.1, -0.05) is 6.92 Å². The summed E-state index contributed by atoms with van der Waals surface area (Å²) in [7, 11) is 0. The van der Waals surface area contributed by atoms with E-state index in [0.29, 0.717) is 0 Å². The van der Waals surface area contributed by atoms with Crippen LogP contribution in [0.15, 0.2) is 0 Å². The van der Waals surface area contributed by atoms with Crippen molar-refractivity contribution in [2.45, 2.75) is 26.4 Å². The van der Waals surface area contributed by atoms with Crippen LogP contribution in [0, 0.1) is 5.92 Å². The van der Waals surface area contributed by atoms with E-state index in [2.05, 4.69) is 11.8 Å². The van der Waals surface area contributed by atoms with Crippen molar-refractivity contribution < 1.29 is 5.11 Å². The maximum absolute atomic E-state index is 8.96. The zero-order valence-electron chi connectivity index (χ0n) is 6.88. The average Bonchev–Trinajstić information content (AvgIpc) is 1.77. The van der Waals surface area contributed by atoms with E-state index in [4.69, 9.17) is 5.11 Å². The minimum atomic E-state index is -0.129. The Bertz CT molecular complexity index is 97.4. The van der Waals surface area contributed by atoms with E-state index < -0.39 is 0 Å². The first-order valence-electron chi connectivity index (χ1n) is 4.09. The minimum Gasteiger partial charge on any atom is -0.393 e. The van der Waals surface area contributed by atoms with Crippen molar-refractivity contribution in [2.24, 2.45) is 5.92 Å². The second kappa shape index (κ2) is 3.35. The van der Waals surface area contributed by atoms with Gasteiger partial charge in [-0.2, -0.15) is 0 Å². The molecular weight excluding hydrogens is 126 g/mol. The SMILES string of the molecule is CC(O)CCN1CC(C)C1. The van der Waals surface area contributed by atoms with E-state index in [-0.39, 0.29) is 6.10 Å². The Kier molecular flexibility index (Phi) is 2.69. The van der Waals surface area contributed by atoms with Gasteiger partial charge in [0, 0.05) is 19.6 Å². The van der Waals surface area contributed by atoms with E-state index in [1.807, 2.05) is 6.92 Å². The van der Waals surface area contributed by atoms with Crippen LogP contribution >= 0.6 is 0 Å². The van der Waals surface area contributed by atoms with E-state index in [1.165, 1.54) is 13.1 Å². The molecule has 1 saturated heterocycles. The van der Waals surface area contributed by atoms with Crippen molar-refractivity contribution in [3.8, 4) is 0 Å². The third-order valence-electron chi connectivity index (χ3n) is 2.00. The lowest BCUT2D eigenvalue weighted by Gasteiger charge is -2.37. The van der Waals surface area contributed by atoms with Gasteiger partial charge in [-0.25, -0.2) is 0 Å². The highest BCUT2D eigenvalue weighted by molar-refractivity contribution is 4.75. The highest BCUT2D eigenvalue weighted by Gasteiger charge is 2.21. The zero-order chi connectivity index (χ0) is 7.56. The molecule has 1 N–H and O–H groups in total. The van der Waals surface area contributed by atoms with Gasteiger partial charge in [0.1, 0.15) is 0 Å². The van der Waals surface area contributed by atoms with Crippen molar-refractivity contribution >= 4 is 0 Å². The smallest absolute Gasteiger partial charge is 0.0524 e. The number of nitrogens with zero attached hydrogens (tertiary/aromatic N) is 1. The lowest BCUT2D eigenvalue weighted by Crippen LogP contribution is -2.45. The number of rotatable bonds is 3. The van der Waals surface area contributed by atoms with Gasteiger partial charge in [0.25, 0.3) is 0 Å². The molecule has 0 aromatic carbocycles. The second-order valence-electron chi connectivity index (χ2n) is 3.50. The molecular formula is C8H17NO. The lowest BCUT2D eigenvalue weighted by atomic mass is 10.0. The fourth-order valence-electron chi connectivity index (χ4n) is 1.38. The van der Waals surface area contributed by atoms with Gasteiger partial charge in [0.2, 0.25) is 0 Å². The molecule has 0 aromatic rings. The van der Waals surface area contributed by atoms with Crippen LogP contribution in [-0.2, 0) is 0 Å². The van der Waals surface area contributed by atoms with Crippen molar-refractivity contribution in [1.29, 1.82) is 0 Å². The maximum Gasteiger partial charge on any atom is 0.0524 e. The largest absolute Gasteiger partial charge is 0.393 e. The number of aliphatic hydroxyl groups is 1. The topological polar surface area (TPSA) is 23.5 Å². The summed E-state index contributed by atoms with van der Waals surface area (Å²) < 4.78 is 0. The first-order chi connectivity index (χ1) is 4.68. The Hall–Kier alpha value is -0.0800. The van der Waals surface area contributed by atoms with Gasteiger partial charge in [-0.15, -0.1) is 0 Å². The van der Waals surface area contributed by atoms with Crippen molar-refractivity contribution in [2.75, 3.05) is 19.6 Å². The Morgan fingerprint density at radius 2 is 2.20 bits per heavy atom. The van der Waals surface area contributed by atoms with E-state index in [1.54, 1.807) is 0 Å². The molecule has 1 aliphatic rings. The number of hydrogen-bond acceptors (Lipinski definition) is 2. The molecule has 2 heteroatoms. The van der Waals surface area contributed by atoms with Crippen LogP contribution in [0.5, 0.6) is 0 Å². The molecule has 1 unspecified atom stereocenters. The molecule has 0 spiro atoms. The monoisotopic (exact) mass is 143 g/mol. The fourth-order valence-corrected chi connectivity index (χ4v) is 1.38. The number of hydrogen-bond donors (Lipinski definition) is 1. The average molecular weight is 143 g/mol. The van der Waals surface area contributed by atoms with Gasteiger partial charge in [-0.05, 0) is 19.3 Å². The molecule has 1 rings (SSSR count). The molecule has 0 bridgehead atoms. The Balaban J connectivity index is 1.95. The summed E-state index contributed by atoms with van der Waals surface area (Å²) in [6.07, 6.45) is 0.795. The van der Waals surface area contributed by atoms with Gasteiger partial charge in [0.15, 0.2) is 0 Å². The number of likely N-dealkylation sites (tertiary alicyclic amines) is 1. The van der Waals surface area contributed by atoms with Crippen LogP contribution < -0.4 is 0 Å². The molecule has 2 nitrogen and oxygen atoms in total. The van der Waals surface area contributed by atoms with E-state index in [9.17, 15) is 0 Å². The standard InChI is InChI=1S/C8H17NO/c1-7-5-9(6-7)4-3-8(2)10/h7-8,10H,3-6H2,1-2H3. The van der Waals surface area contributed by atoms with Crippen molar-refractivity contribution in [3.63, 3.8) is 0 Å². The molecule has 0 amide bonds. The molecule has 10 heavy (non-hydrogen) atoms. The van der Waals surface area contributed by atoms with Crippen LogP contribution in [0.3, 0.4) is 0 Å². The fraction of sp³-hybridized carbons (Fsp3) is 1.00. The second-order valence-corrected chi connectivity index (χ2v) is 3.50. The molecule has 0 saturated carbocycles. The summed E-state index contributed by atoms with van der Waals surface area (Å²) in [5, 5.41) is 8.96. The van der Waals surface area contributed by atoms with E-state index >= 15 is 0 Å². The molecule has 1 atom stereocenters. The molecule has 1 heterocycles. The van der Waals surface area contributed by atoms with Crippen LogP contribution in [0.1, 0.15) is 20.3 Å². The van der Waals surface area contributed by atoms with Gasteiger partial charge < -0.3 is 10.0 Å². The molecule has 1 aliphatic heterocycles. The Morgan fingerprint density at radius 1 is 1.60 bits per heavy atom. The van der Waals surface area contributed by atoms with Gasteiger partial charge >= 0.3 is 0 Å².